The maximum absolute atomic E-state index is 11.9. The van der Waals surface area contributed by atoms with Crippen LogP contribution in [0.5, 0.6) is 0 Å². The Morgan fingerprint density at radius 3 is 2.75 bits per heavy atom. The number of thiophene rings is 1. The van der Waals surface area contributed by atoms with Crippen LogP contribution >= 0.6 is 11.3 Å². The van der Waals surface area contributed by atoms with Gasteiger partial charge in [-0.05, 0) is 12.0 Å². The van der Waals surface area contributed by atoms with Crippen LogP contribution in [0.25, 0.3) is 0 Å². The molecule has 0 radical (unpaired) electrons. The smallest absolute Gasteiger partial charge is 0.207 e. The van der Waals surface area contributed by atoms with Crippen molar-refractivity contribution in [2.75, 3.05) is 0 Å². The summed E-state index contributed by atoms with van der Waals surface area (Å²) in [7, 11) is 0. The zero-order valence-corrected chi connectivity index (χ0v) is 10.7. The van der Waals surface area contributed by atoms with Gasteiger partial charge in [-0.2, -0.15) is 0 Å². The summed E-state index contributed by atoms with van der Waals surface area (Å²) < 4.78 is 0. The van der Waals surface area contributed by atoms with Crippen LogP contribution in [-0.4, -0.2) is 12.2 Å². The van der Waals surface area contributed by atoms with E-state index in [0.29, 0.717) is 13.0 Å². The van der Waals surface area contributed by atoms with Crippen LogP contribution in [0, 0.1) is 5.92 Å². The number of ketones is 1. The molecule has 0 fully saturated rings. The fraction of sp³-hybridized carbons (Fsp3) is 0.500. The monoisotopic (exact) mass is 239 g/mol. The summed E-state index contributed by atoms with van der Waals surface area (Å²) in [6.07, 6.45) is 1.51. The molecule has 1 rings (SSSR count). The van der Waals surface area contributed by atoms with Crippen LogP contribution in [0.15, 0.2) is 5.38 Å². The molecule has 1 heterocycles. The highest BCUT2D eigenvalue weighted by molar-refractivity contribution is 7.10. The molecule has 0 saturated heterocycles. The lowest BCUT2D eigenvalue weighted by Crippen LogP contribution is -2.12. The van der Waals surface area contributed by atoms with Crippen molar-refractivity contribution in [2.24, 2.45) is 5.92 Å². The molecule has 1 amide bonds. The van der Waals surface area contributed by atoms with Gasteiger partial charge in [-0.1, -0.05) is 20.8 Å². The molecule has 0 atom stereocenters. The summed E-state index contributed by atoms with van der Waals surface area (Å²) in [5.41, 5.74) is 1.91. The summed E-state index contributed by atoms with van der Waals surface area (Å²) in [6, 6.07) is 0. The maximum Gasteiger partial charge on any atom is 0.207 e. The van der Waals surface area contributed by atoms with E-state index in [-0.39, 0.29) is 11.7 Å². The first kappa shape index (κ1) is 12.9. The summed E-state index contributed by atoms with van der Waals surface area (Å²) in [5.74, 6) is 0.206. The maximum atomic E-state index is 11.9. The van der Waals surface area contributed by atoms with E-state index in [1.54, 1.807) is 11.3 Å². The zero-order chi connectivity index (χ0) is 12.1. The van der Waals surface area contributed by atoms with Gasteiger partial charge in [0.15, 0.2) is 5.78 Å². The number of rotatable bonds is 6. The van der Waals surface area contributed by atoms with Crippen LogP contribution in [0.2, 0.25) is 0 Å². The molecular formula is C12H17NO2S. The number of hydrogen-bond donors (Lipinski definition) is 1. The quantitative estimate of drug-likeness (QED) is 0.612. The molecule has 1 aromatic heterocycles. The fourth-order valence-electron chi connectivity index (χ4n) is 1.61. The minimum absolute atomic E-state index is 0.0202. The Morgan fingerprint density at radius 2 is 2.25 bits per heavy atom. The number of carbonyl (C=O) groups excluding carboxylic acids is 2. The van der Waals surface area contributed by atoms with Gasteiger partial charge in [0.1, 0.15) is 0 Å². The van der Waals surface area contributed by atoms with Crippen molar-refractivity contribution in [3.8, 4) is 0 Å². The van der Waals surface area contributed by atoms with Crippen molar-refractivity contribution in [1.82, 2.24) is 5.32 Å². The van der Waals surface area contributed by atoms with Crippen molar-refractivity contribution in [3.63, 3.8) is 0 Å². The Labute approximate surface area is 99.9 Å². The van der Waals surface area contributed by atoms with Crippen molar-refractivity contribution in [3.05, 3.63) is 21.4 Å². The van der Waals surface area contributed by atoms with Crippen LogP contribution in [0.3, 0.4) is 0 Å². The van der Waals surface area contributed by atoms with E-state index in [1.807, 2.05) is 26.2 Å². The predicted molar refractivity (Wildman–Crippen MR) is 65.8 cm³/mol. The van der Waals surface area contributed by atoms with E-state index >= 15 is 0 Å². The highest BCUT2D eigenvalue weighted by Gasteiger charge is 2.18. The molecule has 0 spiro atoms. The van der Waals surface area contributed by atoms with E-state index in [0.717, 1.165) is 22.4 Å². The second kappa shape index (κ2) is 5.80. The molecule has 0 aliphatic rings. The Morgan fingerprint density at radius 1 is 1.56 bits per heavy atom. The van der Waals surface area contributed by atoms with E-state index < -0.39 is 0 Å². The van der Waals surface area contributed by atoms with E-state index in [1.165, 1.54) is 0 Å². The number of amides is 1. The van der Waals surface area contributed by atoms with Gasteiger partial charge in [-0.3, -0.25) is 9.59 Å². The highest BCUT2D eigenvalue weighted by atomic mass is 32.1. The Hall–Kier alpha value is -1.16. The summed E-state index contributed by atoms with van der Waals surface area (Å²) in [6.45, 7) is 6.36. The summed E-state index contributed by atoms with van der Waals surface area (Å²) in [5, 5.41) is 4.55. The molecule has 4 heteroatoms. The SMILES string of the molecule is CCc1c(C(=O)C(C)C)csc1CNC=O. The van der Waals surface area contributed by atoms with Crippen molar-refractivity contribution in [1.29, 1.82) is 0 Å². The largest absolute Gasteiger partial charge is 0.354 e. The normalized spacial score (nSPS) is 10.5. The average Bonchev–Trinajstić information content (AvgIpc) is 2.67. The van der Waals surface area contributed by atoms with Gasteiger partial charge in [-0.25, -0.2) is 0 Å². The second-order valence-electron chi connectivity index (χ2n) is 3.92. The standard InChI is InChI=1S/C12H17NO2S/c1-4-9-10(12(15)8(2)3)6-16-11(9)5-13-7-14/h6-8H,4-5H2,1-3H3,(H,13,14). The Balaban J connectivity index is 2.98. The highest BCUT2D eigenvalue weighted by Crippen LogP contribution is 2.25. The van der Waals surface area contributed by atoms with Crippen LogP contribution in [0.4, 0.5) is 0 Å². The molecule has 0 aromatic carbocycles. The fourth-order valence-corrected chi connectivity index (χ4v) is 2.69. The van der Waals surface area contributed by atoms with Gasteiger partial charge in [0.2, 0.25) is 6.41 Å². The van der Waals surface area contributed by atoms with Gasteiger partial charge >= 0.3 is 0 Å². The van der Waals surface area contributed by atoms with Crippen molar-refractivity contribution >= 4 is 23.5 Å². The van der Waals surface area contributed by atoms with E-state index in [4.69, 9.17) is 0 Å². The molecule has 88 valence electrons. The minimum atomic E-state index is 0.0202. The first-order valence-electron chi connectivity index (χ1n) is 5.42. The molecular weight excluding hydrogens is 222 g/mol. The van der Waals surface area contributed by atoms with Gasteiger partial charge in [-0.15, -0.1) is 11.3 Å². The Kier molecular flexibility index (Phi) is 4.68. The van der Waals surface area contributed by atoms with Gasteiger partial charge in [0.05, 0.1) is 6.54 Å². The van der Waals surface area contributed by atoms with Crippen LogP contribution in [0.1, 0.15) is 41.6 Å². The predicted octanol–water partition coefficient (Wildman–Crippen LogP) is 2.40. The lowest BCUT2D eigenvalue weighted by Gasteiger charge is -2.06. The molecule has 0 saturated carbocycles. The lowest BCUT2D eigenvalue weighted by molar-refractivity contribution is -0.109. The molecule has 0 bridgehead atoms. The first-order valence-corrected chi connectivity index (χ1v) is 6.30. The van der Waals surface area contributed by atoms with Crippen molar-refractivity contribution in [2.45, 2.75) is 33.7 Å². The van der Waals surface area contributed by atoms with Crippen LogP contribution < -0.4 is 5.32 Å². The second-order valence-corrected chi connectivity index (χ2v) is 4.89. The number of nitrogens with one attached hydrogen (secondary N) is 1. The first-order chi connectivity index (χ1) is 7.61. The molecule has 0 unspecified atom stereocenters. The van der Waals surface area contributed by atoms with Crippen molar-refractivity contribution < 1.29 is 9.59 Å². The zero-order valence-electron chi connectivity index (χ0n) is 9.87. The lowest BCUT2D eigenvalue weighted by atomic mass is 9.98. The summed E-state index contributed by atoms with van der Waals surface area (Å²) >= 11 is 1.54. The summed E-state index contributed by atoms with van der Waals surface area (Å²) in [4.78, 5) is 23.3. The van der Waals surface area contributed by atoms with E-state index in [9.17, 15) is 9.59 Å². The van der Waals surface area contributed by atoms with Crippen LogP contribution in [-0.2, 0) is 17.8 Å². The minimum Gasteiger partial charge on any atom is -0.354 e. The molecule has 0 aliphatic carbocycles. The third kappa shape index (κ3) is 2.70. The molecule has 1 aromatic rings. The topological polar surface area (TPSA) is 46.2 Å². The number of hydrogen-bond acceptors (Lipinski definition) is 3. The number of Topliss-reactive ketones (excluding diaryl/α,β-unsaturated/α-hetero) is 1. The average molecular weight is 239 g/mol. The van der Waals surface area contributed by atoms with Gasteiger partial charge in [0, 0.05) is 21.7 Å². The third-order valence-corrected chi connectivity index (χ3v) is 3.50. The molecule has 3 nitrogen and oxygen atoms in total. The third-order valence-electron chi connectivity index (χ3n) is 2.47. The number of carbonyl (C=O) groups is 2. The van der Waals surface area contributed by atoms with Gasteiger partial charge in [0.25, 0.3) is 0 Å². The molecule has 0 aliphatic heterocycles. The molecule has 1 N–H and O–H groups in total. The van der Waals surface area contributed by atoms with E-state index in [2.05, 4.69) is 5.32 Å². The molecule has 16 heavy (non-hydrogen) atoms. The Bertz CT molecular complexity index is 382. The van der Waals surface area contributed by atoms with Gasteiger partial charge < -0.3 is 5.32 Å².